The first kappa shape index (κ1) is 21.6. The zero-order valence-corrected chi connectivity index (χ0v) is 18.0. The number of morpholine rings is 1. The van der Waals surface area contributed by atoms with Crippen molar-refractivity contribution in [1.82, 2.24) is 9.97 Å². The van der Waals surface area contributed by atoms with Crippen LogP contribution in [0.3, 0.4) is 0 Å². The minimum atomic E-state index is -0.307. The first-order valence-corrected chi connectivity index (χ1v) is 10.4. The summed E-state index contributed by atoms with van der Waals surface area (Å²) in [5.74, 6) is 0.179. The maximum absolute atomic E-state index is 11.6. The number of phenols is 1. The van der Waals surface area contributed by atoms with Crippen molar-refractivity contribution in [3.63, 3.8) is 0 Å². The number of rotatable bonds is 6. The van der Waals surface area contributed by atoms with Gasteiger partial charge >= 0.3 is 0 Å². The first-order chi connectivity index (χ1) is 15.5. The van der Waals surface area contributed by atoms with Crippen LogP contribution in [0.15, 0.2) is 61.3 Å². The molecule has 1 aliphatic heterocycles. The molecule has 9 heteroatoms. The van der Waals surface area contributed by atoms with E-state index in [2.05, 4.69) is 32.1 Å². The van der Waals surface area contributed by atoms with Crippen LogP contribution in [0.2, 0.25) is 5.02 Å². The lowest BCUT2D eigenvalue weighted by molar-refractivity contribution is -0.111. The van der Waals surface area contributed by atoms with Crippen molar-refractivity contribution in [3.8, 4) is 17.0 Å². The number of nitrogens with zero attached hydrogens (tertiary/aromatic N) is 3. The van der Waals surface area contributed by atoms with Gasteiger partial charge in [0.1, 0.15) is 5.75 Å². The fourth-order valence-corrected chi connectivity index (χ4v) is 3.57. The molecule has 1 amide bonds. The molecule has 1 fully saturated rings. The van der Waals surface area contributed by atoms with Gasteiger partial charge in [0.25, 0.3) is 0 Å². The Hall–Kier alpha value is -3.62. The zero-order chi connectivity index (χ0) is 22.5. The highest BCUT2D eigenvalue weighted by atomic mass is 35.5. The van der Waals surface area contributed by atoms with Gasteiger partial charge in [-0.15, -0.1) is 0 Å². The lowest BCUT2D eigenvalue weighted by Gasteiger charge is -2.29. The van der Waals surface area contributed by atoms with E-state index in [0.717, 1.165) is 18.8 Å². The van der Waals surface area contributed by atoms with Crippen molar-refractivity contribution in [3.05, 3.63) is 66.3 Å². The largest absolute Gasteiger partial charge is 0.506 e. The number of amides is 1. The summed E-state index contributed by atoms with van der Waals surface area (Å²) in [5, 5.41) is 16.7. The van der Waals surface area contributed by atoms with E-state index in [1.807, 2.05) is 18.2 Å². The van der Waals surface area contributed by atoms with Crippen LogP contribution >= 0.6 is 11.6 Å². The third-order valence-electron chi connectivity index (χ3n) is 4.92. The summed E-state index contributed by atoms with van der Waals surface area (Å²) in [5.41, 5.74) is 3.22. The molecule has 164 valence electrons. The second kappa shape index (κ2) is 9.67. The van der Waals surface area contributed by atoms with E-state index < -0.39 is 0 Å². The number of nitrogens with one attached hydrogen (secondary N) is 2. The molecule has 1 saturated heterocycles. The first-order valence-electron chi connectivity index (χ1n) is 10.0. The number of phenolic OH excluding ortho intramolecular Hbond substituents is 1. The fourth-order valence-electron chi connectivity index (χ4n) is 3.37. The highest BCUT2D eigenvalue weighted by Crippen LogP contribution is 2.33. The second-order valence-electron chi connectivity index (χ2n) is 7.09. The third kappa shape index (κ3) is 4.99. The lowest BCUT2D eigenvalue weighted by atomic mass is 10.1. The Morgan fingerprint density at radius 2 is 2.00 bits per heavy atom. The second-order valence-corrected chi connectivity index (χ2v) is 7.50. The number of carbonyl (C=O) groups excluding carboxylic acids is 1. The van der Waals surface area contributed by atoms with Gasteiger partial charge in [-0.2, -0.15) is 0 Å². The van der Waals surface area contributed by atoms with E-state index in [1.165, 1.54) is 12.3 Å². The Kier molecular flexibility index (Phi) is 6.53. The molecule has 0 aliphatic carbocycles. The Labute approximate surface area is 190 Å². The van der Waals surface area contributed by atoms with Crippen LogP contribution in [-0.4, -0.2) is 47.3 Å². The minimum absolute atomic E-state index is 0.164. The summed E-state index contributed by atoms with van der Waals surface area (Å²) >= 11 is 6.34. The van der Waals surface area contributed by atoms with Crippen LogP contribution in [0.25, 0.3) is 11.3 Å². The minimum Gasteiger partial charge on any atom is -0.506 e. The van der Waals surface area contributed by atoms with E-state index in [1.54, 1.807) is 24.3 Å². The van der Waals surface area contributed by atoms with Gasteiger partial charge in [0.15, 0.2) is 0 Å². The number of hydrogen-bond donors (Lipinski definition) is 3. The van der Waals surface area contributed by atoms with Gasteiger partial charge in [-0.25, -0.2) is 9.97 Å². The molecule has 2 heterocycles. The van der Waals surface area contributed by atoms with Crippen molar-refractivity contribution in [1.29, 1.82) is 0 Å². The van der Waals surface area contributed by atoms with Crippen LogP contribution in [-0.2, 0) is 9.53 Å². The summed E-state index contributed by atoms with van der Waals surface area (Å²) in [6, 6.07) is 12.5. The number of anilines is 4. The Balaban J connectivity index is 1.56. The summed E-state index contributed by atoms with van der Waals surface area (Å²) in [6.45, 7) is 6.19. The smallest absolute Gasteiger partial charge is 0.247 e. The highest BCUT2D eigenvalue weighted by Gasteiger charge is 2.15. The highest BCUT2D eigenvalue weighted by molar-refractivity contribution is 6.33. The van der Waals surface area contributed by atoms with Gasteiger partial charge in [-0.1, -0.05) is 30.3 Å². The molecule has 0 unspecified atom stereocenters. The van der Waals surface area contributed by atoms with Gasteiger partial charge in [0.05, 0.1) is 35.8 Å². The number of benzene rings is 2. The van der Waals surface area contributed by atoms with Crippen molar-refractivity contribution in [2.45, 2.75) is 0 Å². The number of carbonyl (C=O) groups is 1. The summed E-state index contributed by atoms with van der Waals surface area (Å²) in [6.07, 6.45) is 2.70. The van der Waals surface area contributed by atoms with Crippen LogP contribution < -0.4 is 15.5 Å². The number of aromatic nitrogens is 2. The van der Waals surface area contributed by atoms with E-state index >= 15 is 0 Å². The quantitative estimate of drug-likeness (QED) is 0.483. The Morgan fingerprint density at radius 1 is 1.19 bits per heavy atom. The van der Waals surface area contributed by atoms with E-state index in [0.29, 0.717) is 46.8 Å². The number of ether oxygens (including phenoxy) is 1. The molecular formula is C23H22ClN5O3. The molecule has 0 spiro atoms. The Bertz CT molecular complexity index is 1150. The Morgan fingerprint density at radius 3 is 2.75 bits per heavy atom. The summed E-state index contributed by atoms with van der Waals surface area (Å²) in [4.78, 5) is 22.4. The molecule has 4 rings (SSSR count). The maximum Gasteiger partial charge on any atom is 0.247 e. The lowest BCUT2D eigenvalue weighted by Crippen LogP contribution is -2.36. The SMILES string of the molecule is C=CC(=O)Nc1cccc(-c2nc(Nc3ccc(N4CCOCC4)c(O)c3)ncc2Cl)c1. The third-order valence-corrected chi connectivity index (χ3v) is 5.19. The number of hydrogen-bond acceptors (Lipinski definition) is 7. The van der Waals surface area contributed by atoms with E-state index in [-0.39, 0.29) is 11.7 Å². The average Bonchev–Trinajstić information content (AvgIpc) is 2.81. The maximum atomic E-state index is 11.6. The van der Waals surface area contributed by atoms with Crippen LogP contribution in [0.4, 0.5) is 23.0 Å². The molecular weight excluding hydrogens is 430 g/mol. The predicted molar refractivity (Wildman–Crippen MR) is 126 cm³/mol. The van der Waals surface area contributed by atoms with Crippen molar-refractivity contribution in [2.75, 3.05) is 41.8 Å². The number of halogens is 1. The normalized spacial score (nSPS) is 13.5. The van der Waals surface area contributed by atoms with Gasteiger partial charge in [-0.3, -0.25) is 4.79 Å². The monoisotopic (exact) mass is 451 g/mol. The summed E-state index contributed by atoms with van der Waals surface area (Å²) < 4.78 is 5.37. The molecule has 0 saturated carbocycles. The zero-order valence-electron chi connectivity index (χ0n) is 17.2. The average molecular weight is 452 g/mol. The molecule has 1 aromatic heterocycles. The van der Waals surface area contributed by atoms with Crippen molar-refractivity contribution in [2.24, 2.45) is 0 Å². The molecule has 0 atom stereocenters. The topological polar surface area (TPSA) is 99.6 Å². The molecule has 32 heavy (non-hydrogen) atoms. The van der Waals surface area contributed by atoms with Crippen LogP contribution in [0.1, 0.15) is 0 Å². The fraction of sp³-hybridized carbons (Fsp3) is 0.174. The molecule has 3 N–H and O–H groups in total. The van der Waals surface area contributed by atoms with Gasteiger partial charge < -0.3 is 25.4 Å². The molecule has 8 nitrogen and oxygen atoms in total. The number of aromatic hydroxyl groups is 1. The van der Waals surface area contributed by atoms with Crippen LogP contribution in [0, 0.1) is 0 Å². The molecule has 3 aromatic rings. The van der Waals surface area contributed by atoms with E-state index in [4.69, 9.17) is 16.3 Å². The molecule has 0 radical (unpaired) electrons. The van der Waals surface area contributed by atoms with Crippen LogP contribution in [0.5, 0.6) is 5.75 Å². The molecule has 1 aliphatic rings. The van der Waals surface area contributed by atoms with Crippen molar-refractivity contribution >= 4 is 40.5 Å². The van der Waals surface area contributed by atoms with Crippen molar-refractivity contribution < 1.29 is 14.6 Å². The standard InChI is InChI=1S/C23H22ClN5O3/c1-2-21(31)26-16-5-3-4-15(12-16)22-18(24)14-25-23(28-22)27-17-6-7-19(20(30)13-17)29-8-10-32-11-9-29/h2-7,12-14,30H,1,8-11H2,(H,26,31)(H,25,27,28). The summed E-state index contributed by atoms with van der Waals surface area (Å²) in [7, 11) is 0. The van der Waals surface area contributed by atoms with Gasteiger partial charge in [-0.05, 0) is 30.3 Å². The predicted octanol–water partition coefficient (Wildman–Crippen LogP) is 4.21. The molecule has 0 bridgehead atoms. The van der Waals surface area contributed by atoms with E-state index in [9.17, 15) is 9.90 Å². The van der Waals surface area contributed by atoms with Gasteiger partial charge in [0, 0.05) is 36.1 Å². The van der Waals surface area contributed by atoms with Gasteiger partial charge in [0.2, 0.25) is 11.9 Å². The molecule has 2 aromatic carbocycles.